The summed E-state index contributed by atoms with van der Waals surface area (Å²) in [6.07, 6.45) is 4.33. The third-order valence-electron chi connectivity index (χ3n) is 1.38. The van der Waals surface area contributed by atoms with Crippen molar-refractivity contribution in [2.45, 2.75) is 13.3 Å². The van der Waals surface area contributed by atoms with Crippen molar-refractivity contribution >= 4 is 5.97 Å². The van der Waals surface area contributed by atoms with Gasteiger partial charge in [0.2, 0.25) is 0 Å². The summed E-state index contributed by atoms with van der Waals surface area (Å²) in [6, 6.07) is 0. The number of rotatable bonds is 0. The molecule has 1 heterocycles. The first kappa shape index (κ1) is 6.33. The lowest BCUT2D eigenvalue weighted by Crippen LogP contribution is -1.99. The fourth-order valence-electron chi connectivity index (χ4n) is 0.733. The Labute approximate surface area is 54.5 Å². The van der Waals surface area contributed by atoms with Crippen molar-refractivity contribution < 1.29 is 9.53 Å². The Morgan fingerprint density at radius 1 is 1.78 bits per heavy atom. The van der Waals surface area contributed by atoms with Gasteiger partial charge in [0.1, 0.15) is 0 Å². The third-order valence-corrected chi connectivity index (χ3v) is 1.38. The van der Waals surface area contributed by atoms with E-state index in [0.717, 1.165) is 6.42 Å². The summed E-state index contributed by atoms with van der Waals surface area (Å²) in [7, 11) is 0. The number of hydrogen-bond acceptors (Lipinski definition) is 2. The monoisotopic (exact) mass is 126 g/mol. The minimum absolute atomic E-state index is 0.209. The highest BCUT2D eigenvalue weighted by molar-refractivity contribution is 5.82. The molecule has 0 aliphatic carbocycles. The minimum Gasteiger partial charge on any atom is -0.463 e. The normalized spacial score (nSPS) is 27.2. The Morgan fingerprint density at radius 2 is 2.56 bits per heavy atom. The maximum Gasteiger partial charge on any atom is 0.330 e. The quantitative estimate of drug-likeness (QED) is 0.455. The molecule has 1 atom stereocenters. The molecule has 0 spiro atoms. The van der Waals surface area contributed by atoms with Crippen LogP contribution in [0.15, 0.2) is 12.2 Å². The number of ether oxygens (including phenoxy) is 1. The van der Waals surface area contributed by atoms with Crippen LogP contribution in [-0.2, 0) is 9.53 Å². The van der Waals surface area contributed by atoms with Crippen molar-refractivity contribution in [3.63, 3.8) is 0 Å². The molecule has 1 aliphatic heterocycles. The summed E-state index contributed by atoms with van der Waals surface area (Å²) < 4.78 is 4.75. The highest BCUT2D eigenvalue weighted by atomic mass is 16.5. The van der Waals surface area contributed by atoms with Crippen LogP contribution in [-0.4, -0.2) is 12.6 Å². The molecule has 2 nitrogen and oxygen atoms in total. The molecule has 0 bridgehead atoms. The standard InChI is InChI=1S/C7H10O2/c1-6-2-3-7(8)9-5-4-6/h2-3,6H,4-5H2,1H3. The van der Waals surface area contributed by atoms with Gasteiger partial charge < -0.3 is 4.74 Å². The topological polar surface area (TPSA) is 26.3 Å². The molecule has 50 valence electrons. The molecule has 1 rings (SSSR count). The first-order chi connectivity index (χ1) is 4.29. The molecule has 0 aromatic heterocycles. The summed E-state index contributed by atoms with van der Waals surface area (Å²) in [5.41, 5.74) is 0. The Bertz CT molecular complexity index is 138. The predicted octanol–water partition coefficient (Wildman–Crippen LogP) is 1.13. The van der Waals surface area contributed by atoms with Crippen LogP contribution in [0.2, 0.25) is 0 Å². The smallest absolute Gasteiger partial charge is 0.330 e. The number of allylic oxidation sites excluding steroid dienone is 1. The van der Waals surface area contributed by atoms with Gasteiger partial charge in [-0.05, 0) is 12.3 Å². The van der Waals surface area contributed by atoms with Crippen molar-refractivity contribution in [1.29, 1.82) is 0 Å². The van der Waals surface area contributed by atoms with Gasteiger partial charge in [-0.3, -0.25) is 0 Å². The largest absolute Gasteiger partial charge is 0.463 e. The summed E-state index contributed by atoms with van der Waals surface area (Å²) in [6.45, 7) is 2.63. The van der Waals surface area contributed by atoms with Crippen LogP contribution in [0.4, 0.5) is 0 Å². The average Bonchev–Trinajstić information content (AvgIpc) is 1.97. The first-order valence-corrected chi connectivity index (χ1v) is 3.14. The lowest BCUT2D eigenvalue weighted by Gasteiger charge is -1.99. The summed E-state index contributed by atoms with van der Waals surface area (Å²) in [4.78, 5) is 10.5. The third kappa shape index (κ3) is 1.88. The summed E-state index contributed by atoms with van der Waals surface area (Å²) in [5, 5.41) is 0. The zero-order valence-electron chi connectivity index (χ0n) is 5.46. The second kappa shape index (κ2) is 2.67. The molecule has 0 aromatic carbocycles. The van der Waals surface area contributed by atoms with Crippen molar-refractivity contribution in [2.75, 3.05) is 6.61 Å². The molecular formula is C7H10O2. The molecule has 0 amide bonds. The Hall–Kier alpha value is -0.790. The molecule has 9 heavy (non-hydrogen) atoms. The lowest BCUT2D eigenvalue weighted by atomic mass is 10.1. The highest BCUT2D eigenvalue weighted by Gasteiger charge is 2.05. The number of esters is 1. The van der Waals surface area contributed by atoms with Gasteiger partial charge in [0.05, 0.1) is 6.61 Å². The van der Waals surface area contributed by atoms with Gasteiger partial charge in [-0.1, -0.05) is 13.0 Å². The van der Waals surface area contributed by atoms with Crippen LogP contribution < -0.4 is 0 Å². The number of carbonyl (C=O) groups is 1. The van der Waals surface area contributed by atoms with Gasteiger partial charge in [-0.2, -0.15) is 0 Å². The van der Waals surface area contributed by atoms with E-state index in [1.807, 2.05) is 6.08 Å². The molecular weight excluding hydrogens is 116 g/mol. The SMILES string of the molecule is CC1C=CC(=O)OCC1. The van der Waals surface area contributed by atoms with E-state index in [0.29, 0.717) is 12.5 Å². The van der Waals surface area contributed by atoms with Crippen LogP contribution >= 0.6 is 0 Å². The molecule has 0 N–H and O–H groups in total. The van der Waals surface area contributed by atoms with Gasteiger partial charge in [0.15, 0.2) is 0 Å². The Kier molecular flexibility index (Phi) is 1.88. The van der Waals surface area contributed by atoms with E-state index in [2.05, 4.69) is 6.92 Å². The second-order valence-corrected chi connectivity index (χ2v) is 2.29. The van der Waals surface area contributed by atoms with Gasteiger partial charge in [-0.25, -0.2) is 4.79 Å². The zero-order valence-corrected chi connectivity index (χ0v) is 5.46. The molecule has 0 saturated heterocycles. The van der Waals surface area contributed by atoms with Crippen LogP contribution in [0, 0.1) is 5.92 Å². The molecule has 0 aromatic rings. The van der Waals surface area contributed by atoms with E-state index in [1.165, 1.54) is 6.08 Å². The van der Waals surface area contributed by atoms with Crippen molar-refractivity contribution in [3.05, 3.63) is 12.2 Å². The van der Waals surface area contributed by atoms with Crippen LogP contribution in [0.1, 0.15) is 13.3 Å². The average molecular weight is 126 g/mol. The van der Waals surface area contributed by atoms with E-state index >= 15 is 0 Å². The lowest BCUT2D eigenvalue weighted by molar-refractivity contribution is -0.137. The first-order valence-electron chi connectivity index (χ1n) is 3.14. The summed E-state index contributed by atoms with van der Waals surface area (Å²) in [5.74, 6) is 0.274. The van der Waals surface area contributed by atoms with Gasteiger partial charge >= 0.3 is 5.97 Å². The molecule has 1 aliphatic rings. The van der Waals surface area contributed by atoms with Gasteiger partial charge in [-0.15, -0.1) is 0 Å². The zero-order chi connectivity index (χ0) is 6.69. The number of hydrogen-bond donors (Lipinski definition) is 0. The van der Waals surface area contributed by atoms with E-state index < -0.39 is 0 Å². The maximum absolute atomic E-state index is 10.5. The highest BCUT2D eigenvalue weighted by Crippen LogP contribution is 2.07. The minimum atomic E-state index is -0.209. The fourth-order valence-corrected chi connectivity index (χ4v) is 0.733. The van der Waals surface area contributed by atoms with E-state index in [4.69, 9.17) is 4.74 Å². The van der Waals surface area contributed by atoms with Gasteiger partial charge in [0.25, 0.3) is 0 Å². The number of cyclic esters (lactones) is 1. The van der Waals surface area contributed by atoms with E-state index in [1.54, 1.807) is 0 Å². The molecule has 2 heteroatoms. The van der Waals surface area contributed by atoms with Crippen LogP contribution in [0.25, 0.3) is 0 Å². The number of carbonyl (C=O) groups excluding carboxylic acids is 1. The maximum atomic E-state index is 10.5. The molecule has 0 radical (unpaired) electrons. The molecule has 0 fully saturated rings. The van der Waals surface area contributed by atoms with Crippen molar-refractivity contribution in [1.82, 2.24) is 0 Å². The fraction of sp³-hybridized carbons (Fsp3) is 0.571. The predicted molar refractivity (Wildman–Crippen MR) is 33.9 cm³/mol. The van der Waals surface area contributed by atoms with Crippen molar-refractivity contribution in [2.24, 2.45) is 5.92 Å². The summed E-state index contributed by atoms with van der Waals surface area (Å²) >= 11 is 0. The van der Waals surface area contributed by atoms with Gasteiger partial charge in [0, 0.05) is 6.08 Å². The molecule has 1 unspecified atom stereocenters. The molecule has 0 saturated carbocycles. The second-order valence-electron chi connectivity index (χ2n) is 2.29. The Balaban J connectivity index is 2.52. The van der Waals surface area contributed by atoms with E-state index in [9.17, 15) is 4.79 Å². The van der Waals surface area contributed by atoms with Crippen LogP contribution in [0.5, 0.6) is 0 Å². The van der Waals surface area contributed by atoms with E-state index in [-0.39, 0.29) is 5.97 Å². The van der Waals surface area contributed by atoms with Crippen LogP contribution in [0.3, 0.4) is 0 Å². The van der Waals surface area contributed by atoms with Crippen molar-refractivity contribution in [3.8, 4) is 0 Å². The Morgan fingerprint density at radius 3 is 3.33 bits per heavy atom.